The number of amides is 1. The summed E-state index contributed by atoms with van der Waals surface area (Å²) in [6.07, 6.45) is 1.54. The number of likely N-dealkylation sites (N-methyl/N-ethyl adjacent to an activating group) is 1. The van der Waals surface area contributed by atoms with Crippen LogP contribution in [-0.2, 0) is 17.9 Å². The molecule has 0 fully saturated rings. The average Bonchev–Trinajstić information content (AvgIpc) is 2.94. The molecule has 0 bridgehead atoms. The molecular weight excluding hydrogens is 238 g/mol. The van der Waals surface area contributed by atoms with Crippen LogP contribution in [0.25, 0.3) is 0 Å². The second-order valence-electron chi connectivity index (χ2n) is 3.91. The molecular formula is C11H13N3O4. The SMILES string of the molecule is Cc1noc(=O)n1CC(=O)N(C)Cc1ccco1. The molecule has 7 nitrogen and oxygen atoms in total. The highest BCUT2D eigenvalue weighted by molar-refractivity contribution is 5.75. The number of carbonyl (C=O) groups is 1. The third kappa shape index (κ3) is 2.50. The quantitative estimate of drug-likeness (QED) is 0.785. The molecule has 0 N–H and O–H groups in total. The summed E-state index contributed by atoms with van der Waals surface area (Å²) in [6, 6.07) is 3.53. The molecule has 0 aliphatic rings. The van der Waals surface area contributed by atoms with Crippen LogP contribution in [0.15, 0.2) is 32.1 Å². The summed E-state index contributed by atoms with van der Waals surface area (Å²) >= 11 is 0. The molecule has 2 rings (SSSR count). The molecule has 1 amide bonds. The minimum absolute atomic E-state index is 0.0919. The van der Waals surface area contributed by atoms with Gasteiger partial charge in [-0.15, -0.1) is 0 Å². The predicted molar refractivity (Wildman–Crippen MR) is 60.7 cm³/mol. The minimum atomic E-state index is -0.632. The van der Waals surface area contributed by atoms with Gasteiger partial charge in [0.05, 0.1) is 12.8 Å². The van der Waals surface area contributed by atoms with Gasteiger partial charge in [0, 0.05) is 7.05 Å². The van der Waals surface area contributed by atoms with Crippen molar-refractivity contribution in [3.63, 3.8) is 0 Å². The van der Waals surface area contributed by atoms with Crippen LogP contribution < -0.4 is 5.76 Å². The molecule has 0 aliphatic carbocycles. The second kappa shape index (κ2) is 4.91. The Kier molecular flexibility index (Phi) is 3.31. The third-order valence-electron chi connectivity index (χ3n) is 2.56. The zero-order valence-corrected chi connectivity index (χ0v) is 10.1. The molecule has 96 valence electrons. The van der Waals surface area contributed by atoms with E-state index < -0.39 is 5.76 Å². The third-order valence-corrected chi connectivity index (χ3v) is 2.56. The van der Waals surface area contributed by atoms with E-state index in [0.29, 0.717) is 18.1 Å². The number of nitrogens with zero attached hydrogens (tertiary/aromatic N) is 3. The van der Waals surface area contributed by atoms with Crippen LogP contribution in [0.1, 0.15) is 11.6 Å². The summed E-state index contributed by atoms with van der Waals surface area (Å²) in [4.78, 5) is 24.6. The van der Waals surface area contributed by atoms with Crippen LogP contribution >= 0.6 is 0 Å². The first-order valence-corrected chi connectivity index (χ1v) is 5.37. The maximum Gasteiger partial charge on any atom is 0.442 e. The average molecular weight is 251 g/mol. The molecule has 0 saturated heterocycles. The van der Waals surface area contributed by atoms with Gasteiger partial charge in [-0.2, -0.15) is 0 Å². The maximum atomic E-state index is 11.9. The molecule has 0 atom stereocenters. The van der Waals surface area contributed by atoms with E-state index in [-0.39, 0.29) is 12.5 Å². The molecule has 2 heterocycles. The monoisotopic (exact) mass is 251 g/mol. The molecule has 0 radical (unpaired) electrons. The lowest BCUT2D eigenvalue weighted by Crippen LogP contribution is -2.32. The first kappa shape index (κ1) is 12.2. The fraction of sp³-hybridized carbons (Fsp3) is 0.364. The topological polar surface area (TPSA) is 81.5 Å². The van der Waals surface area contributed by atoms with Gasteiger partial charge in [-0.3, -0.25) is 13.9 Å². The van der Waals surface area contributed by atoms with E-state index in [1.54, 1.807) is 32.4 Å². The lowest BCUT2D eigenvalue weighted by atomic mass is 10.4. The Morgan fingerprint density at radius 2 is 2.33 bits per heavy atom. The van der Waals surface area contributed by atoms with E-state index in [9.17, 15) is 9.59 Å². The zero-order chi connectivity index (χ0) is 13.1. The van der Waals surface area contributed by atoms with Crippen LogP contribution in [0.3, 0.4) is 0 Å². The van der Waals surface area contributed by atoms with E-state index in [1.807, 2.05) is 0 Å². The zero-order valence-electron chi connectivity index (χ0n) is 10.1. The van der Waals surface area contributed by atoms with Gasteiger partial charge in [0.15, 0.2) is 5.82 Å². The molecule has 0 aromatic carbocycles. The van der Waals surface area contributed by atoms with Crippen molar-refractivity contribution in [1.29, 1.82) is 0 Å². The summed E-state index contributed by atoms with van der Waals surface area (Å²) < 4.78 is 10.8. The van der Waals surface area contributed by atoms with Gasteiger partial charge in [0.2, 0.25) is 5.91 Å². The highest BCUT2D eigenvalue weighted by Crippen LogP contribution is 2.04. The molecule has 0 spiro atoms. The molecule has 0 aliphatic heterocycles. The fourth-order valence-corrected chi connectivity index (χ4v) is 1.50. The van der Waals surface area contributed by atoms with E-state index >= 15 is 0 Å². The number of hydrogen-bond donors (Lipinski definition) is 0. The van der Waals surface area contributed by atoms with Gasteiger partial charge in [-0.25, -0.2) is 4.79 Å². The first-order valence-electron chi connectivity index (χ1n) is 5.37. The largest absolute Gasteiger partial charge is 0.467 e. The van der Waals surface area contributed by atoms with Crippen molar-refractivity contribution in [2.75, 3.05) is 7.05 Å². The van der Waals surface area contributed by atoms with E-state index in [4.69, 9.17) is 4.42 Å². The van der Waals surface area contributed by atoms with Crippen molar-refractivity contribution in [3.05, 3.63) is 40.5 Å². The van der Waals surface area contributed by atoms with Gasteiger partial charge in [0.25, 0.3) is 0 Å². The Morgan fingerprint density at radius 1 is 1.56 bits per heavy atom. The Hall–Kier alpha value is -2.31. The molecule has 7 heteroatoms. The summed E-state index contributed by atoms with van der Waals surface area (Å²) in [7, 11) is 1.64. The summed E-state index contributed by atoms with van der Waals surface area (Å²) in [5.41, 5.74) is 0. The van der Waals surface area contributed by atoms with Crippen LogP contribution in [0.4, 0.5) is 0 Å². The van der Waals surface area contributed by atoms with Crippen LogP contribution in [0.2, 0.25) is 0 Å². The van der Waals surface area contributed by atoms with Gasteiger partial charge >= 0.3 is 5.76 Å². The highest BCUT2D eigenvalue weighted by atomic mass is 16.5. The summed E-state index contributed by atoms with van der Waals surface area (Å²) in [6.45, 7) is 1.86. The highest BCUT2D eigenvalue weighted by Gasteiger charge is 2.15. The van der Waals surface area contributed by atoms with Gasteiger partial charge in [-0.05, 0) is 19.1 Å². The van der Waals surface area contributed by atoms with Crippen LogP contribution in [-0.4, -0.2) is 27.6 Å². The predicted octanol–water partition coefficient (Wildman–Crippen LogP) is 0.396. The van der Waals surface area contributed by atoms with Gasteiger partial charge in [-0.1, -0.05) is 5.16 Å². The van der Waals surface area contributed by atoms with Crippen molar-refractivity contribution < 1.29 is 13.7 Å². The molecule has 2 aromatic heterocycles. The lowest BCUT2D eigenvalue weighted by Gasteiger charge is -2.15. The Morgan fingerprint density at radius 3 is 2.89 bits per heavy atom. The minimum Gasteiger partial charge on any atom is -0.467 e. The molecule has 18 heavy (non-hydrogen) atoms. The van der Waals surface area contributed by atoms with Crippen molar-refractivity contribution in [2.45, 2.75) is 20.0 Å². The van der Waals surface area contributed by atoms with Gasteiger partial charge < -0.3 is 9.32 Å². The van der Waals surface area contributed by atoms with Crippen molar-refractivity contribution >= 4 is 5.91 Å². The Balaban J connectivity index is 2.02. The number of aryl methyl sites for hydroxylation is 1. The number of rotatable bonds is 4. The molecule has 2 aromatic rings. The second-order valence-corrected chi connectivity index (χ2v) is 3.91. The maximum absolute atomic E-state index is 11.9. The fourth-order valence-electron chi connectivity index (χ4n) is 1.50. The van der Waals surface area contributed by atoms with E-state index in [0.717, 1.165) is 0 Å². The molecule has 0 unspecified atom stereocenters. The smallest absolute Gasteiger partial charge is 0.442 e. The van der Waals surface area contributed by atoms with Crippen molar-refractivity contribution in [2.24, 2.45) is 0 Å². The summed E-state index contributed by atoms with van der Waals surface area (Å²) in [5.74, 6) is 0.201. The Bertz CT molecular complexity index is 582. The van der Waals surface area contributed by atoms with Crippen LogP contribution in [0.5, 0.6) is 0 Å². The van der Waals surface area contributed by atoms with E-state index in [2.05, 4.69) is 9.68 Å². The number of carbonyl (C=O) groups excluding carboxylic acids is 1. The van der Waals surface area contributed by atoms with Crippen molar-refractivity contribution in [3.8, 4) is 0 Å². The lowest BCUT2D eigenvalue weighted by molar-refractivity contribution is -0.131. The first-order chi connectivity index (χ1) is 8.58. The van der Waals surface area contributed by atoms with E-state index in [1.165, 1.54) is 9.47 Å². The van der Waals surface area contributed by atoms with Crippen LogP contribution in [0, 0.1) is 6.92 Å². The van der Waals surface area contributed by atoms with Crippen molar-refractivity contribution in [1.82, 2.24) is 14.6 Å². The van der Waals surface area contributed by atoms with Gasteiger partial charge in [0.1, 0.15) is 12.3 Å². The number of furan rings is 1. The Labute approximate surface area is 103 Å². The number of aromatic nitrogens is 2. The molecule has 0 saturated carbocycles. The number of hydrogen-bond acceptors (Lipinski definition) is 5. The normalized spacial score (nSPS) is 10.6. The summed E-state index contributed by atoms with van der Waals surface area (Å²) in [5, 5.41) is 3.49. The standard InChI is InChI=1S/C11H13N3O4/c1-8-12-18-11(16)14(8)7-10(15)13(2)6-9-4-3-5-17-9/h3-5H,6-7H2,1-2H3.